The molecule has 2 aromatic carbocycles. The topological polar surface area (TPSA) is 115 Å². The number of rotatable bonds is 8. The molecule has 8 nitrogen and oxygen atoms in total. The molecule has 0 aliphatic rings. The van der Waals surface area contributed by atoms with Gasteiger partial charge in [0.05, 0.1) is 18.3 Å². The highest BCUT2D eigenvalue weighted by Crippen LogP contribution is 2.29. The van der Waals surface area contributed by atoms with Crippen LogP contribution >= 0.6 is 0 Å². The van der Waals surface area contributed by atoms with Crippen LogP contribution in [-0.4, -0.2) is 33.9 Å². The van der Waals surface area contributed by atoms with Crippen LogP contribution in [0.25, 0.3) is 0 Å². The van der Waals surface area contributed by atoms with E-state index in [2.05, 4.69) is 10.6 Å². The van der Waals surface area contributed by atoms with Crippen LogP contribution in [0.4, 0.5) is 4.39 Å². The van der Waals surface area contributed by atoms with E-state index in [0.29, 0.717) is 11.3 Å². The highest BCUT2D eigenvalue weighted by molar-refractivity contribution is 7.91. The molecule has 0 aliphatic heterocycles. The highest BCUT2D eigenvalue weighted by atomic mass is 32.2. The van der Waals surface area contributed by atoms with Gasteiger partial charge in [0.2, 0.25) is 0 Å². The minimum atomic E-state index is -4.05. The van der Waals surface area contributed by atoms with Crippen molar-refractivity contribution in [2.75, 3.05) is 13.7 Å². The summed E-state index contributed by atoms with van der Waals surface area (Å²) in [5.74, 6) is -1.90. The minimum Gasteiger partial charge on any atom is -0.496 e. The fourth-order valence-corrected chi connectivity index (χ4v) is 4.58. The number of sulfone groups is 1. The van der Waals surface area contributed by atoms with Crippen molar-refractivity contribution in [3.05, 3.63) is 84.1 Å². The Bertz CT molecular complexity index is 1180. The van der Waals surface area contributed by atoms with E-state index < -0.39 is 39.3 Å². The zero-order valence-electron chi connectivity index (χ0n) is 17.1. The van der Waals surface area contributed by atoms with Crippen molar-refractivity contribution in [2.45, 2.75) is 16.7 Å². The van der Waals surface area contributed by atoms with Crippen LogP contribution in [0.1, 0.15) is 16.6 Å². The molecular formula is C22H21FN2O6S. The number of carbonyl (C=O) groups excluding carboxylic acids is 2. The molecule has 3 rings (SSSR count). The largest absolute Gasteiger partial charge is 0.496 e. The highest BCUT2D eigenvalue weighted by Gasteiger charge is 2.32. The molecule has 0 saturated heterocycles. The summed E-state index contributed by atoms with van der Waals surface area (Å²) in [6.45, 7) is -0.375. The van der Waals surface area contributed by atoms with Gasteiger partial charge in [-0.2, -0.15) is 0 Å². The van der Waals surface area contributed by atoms with Gasteiger partial charge in [0, 0.05) is 18.7 Å². The van der Waals surface area contributed by atoms with Gasteiger partial charge in [-0.25, -0.2) is 12.8 Å². The third kappa shape index (κ3) is 5.33. The lowest BCUT2D eigenvalue weighted by molar-refractivity contribution is -0.139. The summed E-state index contributed by atoms with van der Waals surface area (Å²) in [6.07, 6.45) is 1.30. The van der Waals surface area contributed by atoms with Crippen LogP contribution in [0.15, 0.2) is 76.2 Å². The summed E-state index contributed by atoms with van der Waals surface area (Å²) in [6, 6.07) is 14.2. The lowest BCUT2D eigenvalue weighted by Gasteiger charge is -2.16. The number of nitrogens with one attached hydrogen (secondary N) is 2. The van der Waals surface area contributed by atoms with Gasteiger partial charge in [0.15, 0.2) is 9.84 Å². The third-order valence-corrected chi connectivity index (χ3v) is 6.74. The Morgan fingerprint density at radius 1 is 1.00 bits per heavy atom. The Kier molecular flexibility index (Phi) is 7.26. The second-order valence-corrected chi connectivity index (χ2v) is 8.84. The van der Waals surface area contributed by atoms with E-state index >= 15 is 0 Å². The average Bonchev–Trinajstić information content (AvgIpc) is 3.32. The molecule has 2 N–H and O–H groups in total. The van der Waals surface area contributed by atoms with E-state index in [-0.39, 0.29) is 17.2 Å². The molecule has 1 unspecified atom stereocenters. The molecule has 168 valence electrons. The molecule has 0 saturated carbocycles. The summed E-state index contributed by atoms with van der Waals surface area (Å²) < 4.78 is 49.8. The molecule has 2 amide bonds. The summed E-state index contributed by atoms with van der Waals surface area (Å²) in [5, 5.41) is 3.48. The number of ether oxygens (including phenoxy) is 1. The maximum Gasteiger partial charge on any atom is 0.309 e. The molecule has 10 heteroatoms. The molecule has 0 aliphatic carbocycles. The van der Waals surface area contributed by atoms with Gasteiger partial charge in [0.25, 0.3) is 0 Å². The second-order valence-electron chi connectivity index (χ2n) is 6.71. The summed E-state index contributed by atoms with van der Waals surface area (Å²) in [4.78, 5) is 24.3. The Morgan fingerprint density at radius 2 is 1.69 bits per heavy atom. The van der Waals surface area contributed by atoms with Gasteiger partial charge in [-0.3, -0.25) is 9.59 Å². The molecule has 1 aromatic heterocycles. The molecule has 32 heavy (non-hydrogen) atoms. The average molecular weight is 460 g/mol. The van der Waals surface area contributed by atoms with Crippen molar-refractivity contribution in [2.24, 2.45) is 0 Å². The van der Waals surface area contributed by atoms with E-state index in [4.69, 9.17) is 9.15 Å². The van der Waals surface area contributed by atoms with Gasteiger partial charge in [-0.15, -0.1) is 0 Å². The number of para-hydroxylation sites is 1. The van der Waals surface area contributed by atoms with Gasteiger partial charge >= 0.3 is 11.8 Å². The number of carbonyl (C=O) groups is 2. The summed E-state index contributed by atoms with van der Waals surface area (Å²) >= 11 is 0. The van der Waals surface area contributed by atoms with Gasteiger partial charge < -0.3 is 19.8 Å². The second kappa shape index (κ2) is 10.1. The molecule has 0 radical (unpaired) electrons. The first kappa shape index (κ1) is 23.0. The molecule has 0 bridgehead atoms. The smallest absolute Gasteiger partial charge is 0.309 e. The number of halogens is 1. The zero-order valence-corrected chi connectivity index (χ0v) is 17.9. The lowest BCUT2D eigenvalue weighted by atomic mass is 10.2. The molecule has 0 spiro atoms. The summed E-state index contributed by atoms with van der Waals surface area (Å²) in [7, 11) is -2.56. The quantitative estimate of drug-likeness (QED) is 0.394. The zero-order chi connectivity index (χ0) is 23.1. The Balaban J connectivity index is 1.69. The van der Waals surface area contributed by atoms with E-state index in [1.165, 1.54) is 25.5 Å². The van der Waals surface area contributed by atoms with Crippen LogP contribution in [0.5, 0.6) is 5.75 Å². The number of benzene rings is 2. The standard InChI is InChI=1S/C22H21FN2O6S/c1-30-18-6-3-2-5-15(18)13-24-21(26)22(27)25-14-20(19-7-4-12-31-19)32(28,29)17-10-8-16(23)9-11-17/h2-12,20H,13-14H2,1H3,(H,24,26)(H,25,27). The van der Waals surface area contributed by atoms with Crippen LogP contribution in [0.2, 0.25) is 0 Å². The Hall–Kier alpha value is -3.66. The van der Waals surface area contributed by atoms with Crippen molar-refractivity contribution in [3.8, 4) is 5.75 Å². The minimum absolute atomic E-state index is 0.0474. The van der Waals surface area contributed by atoms with Gasteiger partial charge in [0.1, 0.15) is 22.6 Å². The first-order valence-electron chi connectivity index (χ1n) is 9.53. The fraction of sp³-hybridized carbons (Fsp3) is 0.182. The number of amides is 2. The first-order chi connectivity index (χ1) is 15.3. The van der Waals surface area contributed by atoms with E-state index in [1.807, 2.05) is 0 Å². The normalized spacial score (nSPS) is 12.1. The van der Waals surface area contributed by atoms with Crippen molar-refractivity contribution in [3.63, 3.8) is 0 Å². The third-order valence-electron chi connectivity index (χ3n) is 4.66. The van der Waals surface area contributed by atoms with Gasteiger partial charge in [-0.05, 0) is 42.5 Å². The van der Waals surface area contributed by atoms with E-state index in [1.54, 1.807) is 24.3 Å². The number of furan rings is 1. The van der Waals surface area contributed by atoms with E-state index in [9.17, 15) is 22.4 Å². The van der Waals surface area contributed by atoms with Crippen molar-refractivity contribution >= 4 is 21.7 Å². The van der Waals surface area contributed by atoms with Gasteiger partial charge in [-0.1, -0.05) is 18.2 Å². The number of hydrogen-bond acceptors (Lipinski definition) is 6. The summed E-state index contributed by atoms with van der Waals surface area (Å²) in [5.41, 5.74) is 0.670. The molecular weight excluding hydrogens is 439 g/mol. The predicted molar refractivity (Wildman–Crippen MR) is 113 cm³/mol. The maximum atomic E-state index is 13.2. The molecule has 3 aromatic rings. The van der Waals surface area contributed by atoms with Crippen LogP contribution < -0.4 is 15.4 Å². The molecule has 1 heterocycles. The first-order valence-corrected chi connectivity index (χ1v) is 11.1. The molecule has 0 fully saturated rings. The molecule has 1 atom stereocenters. The van der Waals surface area contributed by atoms with Crippen LogP contribution in [-0.2, 0) is 26.0 Å². The SMILES string of the molecule is COc1ccccc1CNC(=O)C(=O)NCC(c1ccco1)S(=O)(=O)c1ccc(F)cc1. The van der Waals surface area contributed by atoms with Crippen LogP contribution in [0, 0.1) is 5.82 Å². The van der Waals surface area contributed by atoms with Crippen molar-refractivity contribution in [1.82, 2.24) is 10.6 Å². The Labute approximate surface area is 184 Å². The van der Waals surface area contributed by atoms with Crippen molar-refractivity contribution in [1.29, 1.82) is 0 Å². The number of hydrogen-bond donors (Lipinski definition) is 2. The van der Waals surface area contributed by atoms with E-state index in [0.717, 1.165) is 24.3 Å². The maximum absolute atomic E-state index is 13.2. The fourth-order valence-electron chi connectivity index (χ4n) is 3.00. The monoisotopic (exact) mass is 460 g/mol. The predicted octanol–water partition coefficient (Wildman–Crippen LogP) is 2.37. The lowest BCUT2D eigenvalue weighted by Crippen LogP contribution is -2.42. The number of methoxy groups -OCH3 is 1. The Morgan fingerprint density at radius 3 is 2.34 bits per heavy atom. The van der Waals surface area contributed by atoms with Crippen molar-refractivity contribution < 1.29 is 31.6 Å². The van der Waals surface area contributed by atoms with Crippen LogP contribution in [0.3, 0.4) is 0 Å².